The van der Waals surface area contributed by atoms with Crippen LogP contribution in [-0.2, 0) is 119 Å². The van der Waals surface area contributed by atoms with E-state index in [0.717, 1.165) is 41.5 Å². The quantitative estimate of drug-likeness (QED) is 0.0284. The van der Waals surface area contributed by atoms with Gasteiger partial charge >= 0.3 is 0 Å². The molecule has 6 amide bonds. The van der Waals surface area contributed by atoms with Crippen molar-refractivity contribution >= 4 is 35.4 Å². The van der Waals surface area contributed by atoms with E-state index in [9.17, 15) is 162 Å². The van der Waals surface area contributed by atoms with Crippen LogP contribution in [0.4, 0.5) is 0 Å². The Bertz CT molecular complexity index is 3570. The van der Waals surface area contributed by atoms with Gasteiger partial charge in [0.25, 0.3) is 0 Å². The van der Waals surface area contributed by atoms with Gasteiger partial charge in [-0.25, -0.2) is 0 Å². The largest absolute Gasteiger partial charge is 0.394 e. The molecule has 57 heteroatoms. The van der Waals surface area contributed by atoms with Gasteiger partial charge in [0.2, 0.25) is 35.4 Å². The first-order chi connectivity index (χ1) is 61.0. The molecule has 129 heavy (non-hydrogen) atoms. The summed E-state index contributed by atoms with van der Waals surface area (Å²) in [5.74, 6) is -5.75. The molecule has 0 aromatic rings. The molecule has 0 spiro atoms. The molecule has 0 aromatic carbocycles. The molecular weight excluding hydrogens is 1760 g/mol. The van der Waals surface area contributed by atoms with Gasteiger partial charge in [0.1, 0.15) is 244 Å². The topological polar surface area (TPSA) is 876 Å². The maximum atomic E-state index is 13.4. The van der Waals surface area contributed by atoms with Crippen molar-refractivity contribution in [2.75, 3.05) is 66.1 Å². The molecule has 10 heterocycles. The zero-order valence-electron chi connectivity index (χ0n) is 69.8. The van der Waals surface area contributed by atoms with Gasteiger partial charge in [0, 0.05) is 41.5 Å². The summed E-state index contributed by atoms with van der Waals surface area (Å²) in [6.45, 7) is -6.38. The van der Waals surface area contributed by atoms with Crippen molar-refractivity contribution in [3.05, 3.63) is 0 Å². The van der Waals surface area contributed by atoms with Crippen molar-refractivity contribution in [3.8, 4) is 0 Å². The average Bonchev–Trinajstić information content (AvgIpc) is 0.761. The Balaban J connectivity index is 1.11. The summed E-state index contributed by atoms with van der Waals surface area (Å²) in [5, 5.41) is 309. The predicted molar refractivity (Wildman–Crippen MR) is 399 cm³/mol. The number of aliphatic hydroxyl groups excluding tert-OH is 26. The Morgan fingerprint density at radius 1 is 0.202 bits per heavy atom. The fourth-order valence-electron chi connectivity index (χ4n) is 16.7. The summed E-state index contributed by atoms with van der Waals surface area (Å²) < 4.78 is 117. The highest BCUT2D eigenvalue weighted by Gasteiger charge is 2.63. The van der Waals surface area contributed by atoms with Crippen molar-refractivity contribution in [2.24, 2.45) is 0 Å². The first-order valence-electron chi connectivity index (χ1n) is 41.1. The zero-order chi connectivity index (χ0) is 95.1. The summed E-state index contributed by atoms with van der Waals surface area (Å²) in [6, 6.07) is -11.7. The lowest BCUT2D eigenvalue weighted by molar-refractivity contribution is -0.408. The Kier molecular flexibility index (Phi) is 38.4. The fourth-order valence-corrected chi connectivity index (χ4v) is 16.7. The molecule has 50 atom stereocenters. The second-order valence-electron chi connectivity index (χ2n) is 32.4. The van der Waals surface area contributed by atoms with Crippen LogP contribution in [-0.4, -0.2) is 541 Å². The SMILES string of the molecule is CC(=O)N[C@H]1[C@H](O[C@H]2[C@H](O)[C@@H](NC(C)=O)C(O)O[C@@H]2CO)O[C@H](CO)[C@@H](O[C@@H]2O[C@H](CO[C@H]3O[C@H](CO)[C@@H](O[C@@H]4O[C@H](CO)[C@@H](O[C@@H]5O[C@H](CO)[C@H](O)[C@H](O)[C@H]5O)[C@H](O)[C@H]4NC(C)=O)[C@H](O)[C@@H]3O[C@@H]3O[C@H](CO)[C@@H](O)[C@H](O)[C@H]3NC(C)=O)[C@@H](O[C@@H]3O[C@H](CO)[C@@H](O)[C@H](O)[C@H]3NC(C)=O)[C@H](O[C@H]3O[C@H](CO)[C@@H](O)[C@H](O)[C@@H]3O[C@@H]3O[C@H](CO)[C@@H](O)[C@H](O)[C@H]3NC(C)=O)[C@@H]2O)[C@@H]1O. The molecule has 1 unspecified atom stereocenters. The molecule has 744 valence electrons. The third-order valence-corrected chi connectivity index (χ3v) is 23.3. The molecule has 0 aromatic heterocycles. The second kappa shape index (κ2) is 46.7. The number of nitrogens with one attached hydrogen (secondary N) is 6. The molecule has 0 radical (unpaired) electrons. The van der Waals surface area contributed by atoms with Crippen molar-refractivity contribution in [2.45, 2.75) is 348 Å². The number of rotatable bonds is 34. The molecule has 10 aliphatic rings. The number of carbonyl (C=O) groups is 6. The number of aliphatic hydroxyl groups is 26. The van der Waals surface area contributed by atoms with E-state index in [1.165, 1.54) is 0 Å². The number of hydrogen-bond donors (Lipinski definition) is 32. The normalized spacial score (nSPS) is 47.5. The average molecular weight is 1890 g/mol. The van der Waals surface area contributed by atoms with Gasteiger partial charge in [-0.05, 0) is 0 Å². The van der Waals surface area contributed by atoms with Crippen molar-refractivity contribution < 1.29 is 252 Å². The lowest BCUT2D eigenvalue weighted by atomic mass is 9.93. The van der Waals surface area contributed by atoms with Crippen LogP contribution in [0.5, 0.6) is 0 Å². The van der Waals surface area contributed by atoms with E-state index < -0.39 is 408 Å². The van der Waals surface area contributed by atoms with Gasteiger partial charge in [0.05, 0.1) is 66.1 Å². The van der Waals surface area contributed by atoms with E-state index in [1.807, 2.05) is 0 Å². The third-order valence-electron chi connectivity index (χ3n) is 23.3. The molecule has 32 N–H and O–H groups in total. The minimum atomic E-state index is -2.78. The van der Waals surface area contributed by atoms with Crippen LogP contribution in [0.3, 0.4) is 0 Å². The molecule has 0 saturated carbocycles. The Morgan fingerprint density at radius 3 is 0.791 bits per heavy atom. The van der Waals surface area contributed by atoms with Crippen LogP contribution in [0.1, 0.15) is 41.5 Å². The van der Waals surface area contributed by atoms with E-state index in [0.29, 0.717) is 0 Å². The summed E-state index contributed by atoms with van der Waals surface area (Å²) in [5.41, 5.74) is 0. The fraction of sp³-hybridized carbons (Fsp3) is 0.917. The highest BCUT2D eigenvalue weighted by molar-refractivity contribution is 5.75. The lowest BCUT2D eigenvalue weighted by Gasteiger charge is -2.52. The van der Waals surface area contributed by atoms with Crippen LogP contribution in [0.2, 0.25) is 0 Å². The Morgan fingerprint density at radius 2 is 0.434 bits per heavy atom. The van der Waals surface area contributed by atoms with E-state index in [4.69, 9.17) is 90.0 Å². The molecule has 0 aliphatic carbocycles. The predicted octanol–water partition coefficient (Wildman–Crippen LogP) is -21.9. The third kappa shape index (κ3) is 24.0. The highest BCUT2D eigenvalue weighted by atomic mass is 16.8. The maximum absolute atomic E-state index is 13.4. The molecule has 10 saturated heterocycles. The maximum Gasteiger partial charge on any atom is 0.217 e. The number of carbonyl (C=O) groups excluding carboxylic acids is 6. The van der Waals surface area contributed by atoms with E-state index in [1.54, 1.807) is 0 Å². The van der Waals surface area contributed by atoms with Crippen LogP contribution in [0, 0.1) is 0 Å². The lowest BCUT2D eigenvalue weighted by Crippen LogP contribution is -2.71. The second-order valence-corrected chi connectivity index (χ2v) is 32.4. The van der Waals surface area contributed by atoms with E-state index >= 15 is 0 Å². The van der Waals surface area contributed by atoms with Crippen molar-refractivity contribution in [1.29, 1.82) is 0 Å². The van der Waals surface area contributed by atoms with E-state index in [-0.39, 0.29) is 0 Å². The first kappa shape index (κ1) is 106. The van der Waals surface area contributed by atoms with Gasteiger partial charge in [-0.1, -0.05) is 0 Å². The van der Waals surface area contributed by atoms with Crippen LogP contribution >= 0.6 is 0 Å². The van der Waals surface area contributed by atoms with Gasteiger partial charge in [-0.15, -0.1) is 0 Å². The van der Waals surface area contributed by atoms with Crippen molar-refractivity contribution in [3.63, 3.8) is 0 Å². The summed E-state index contributed by atoms with van der Waals surface area (Å²) in [7, 11) is 0. The van der Waals surface area contributed by atoms with Gasteiger partial charge in [-0.2, -0.15) is 0 Å². The standard InChI is InChI=1S/C72H120N6O51/c1-17(88)73-33-47(102)55(28(12-84)112-63(33)110)122-67-37(77-21(5)92)49(104)57(30(14-86)118-67)125-70-54(109)60(127-72-61(51(106)43(98)27(11-83)117-72)128-65-35(75-19(3)90)45(100)40(95)24(8-80)114-65)59(126-64-34(74-18(2)89)44(99)39(94)23(7-79)113-64)32(121-70)16-111-71-62(129-66-36(76-20(4)91)46(101)41(96)25(9-81)115-66)53(108)58(31(15-87)120-71)123-68-38(78-22(6)93)48(103)56(29(13-85)119-68)124-69-52(107)50(105)42(97)26(10-82)116-69/h23-72,79-87,94-110H,7-16H2,1-6H3,(H,73,88)(H,74,89)(H,75,90)(H,76,91)(H,77,92)(H,78,93)/t23-,24-,25-,26-,27-,28-,29-,30-,31-,32-,33-,34-,35-,36-,37-,38-,39-,40-,41-,42+,43-,44-,45-,46-,47-,48-,49-,50+,51+,52-,53+,54+,55-,56-,57-,58-,59-,60-,61+,62+,63?,64+,65+,66+,67+,68+,69+,70+,71+,72-/m1/s1. The summed E-state index contributed by atoms with van der Waals surface area (Å²) >= 11 is 0. The van der Waals surface area contributed by atoms with Crippen LogP contribution in [0.25, 0.3) is 0 Å². The van der Waals surface area contributed by atoms with Gasteiger partial charge < -0.3 is 255 Å². The monoisotopic (exact) mass is 1880 g/mol. The van der Waals surface area contributed by atoms with Gasteiger partial charge in [0.15, 0.2) is 62.9 Å². The minimum absolute atomic E-state index is 0.827. The number of amides is 6. The molecule has 10 rings (SSSR count). The zero-order valence-corrected chi connectivity index (χ0v) is 69.8. The molecular formula is C72H120N6O51. The molecule has 0 bridgehead atoms. The van der Waals surface area contributed by atoms with Crippen LogP contribution < -0.4 is 31.9 Å². The molecule has 57 nitrogen and oxygen atoms in total. The summed E-state index contributed by atoms with van der Waals surface area (Å²) in [6.07, 6.45) is -96.5. The van der Waals surface area contributed by atoms with Crippen molar-refractivity contribution in [1.82, 2.24) is 31.9 Å². The smallest absolute Gasteiger partial charge is 0.217 e. The highest BCUT2D eigenvalue weighted by Crippen LogP contribution is 2.42. The Hall–Kier alpha value is -4.98. The molecule has 10 fully saturated rings. The van der Waals surface area contributed by atoms with E-state index in [2.05, 4.69) is 31.9 Å². The van der Waals surface area contributed by atoms with Gasteiger partial charge in [-0.3, -0.25) is 28.8 Å². The molecule has 10 aliphatic heterocycles. The number of ether oxygens (including phenoxy) is 19. The number of hydrogen-bond acceptors (Lipinski definition) is 51. The van der Waals surface area contributed by atoms with Crippen LogP contribution in [0.15, 0.2) is 0 Å². The summed E-state index contributed by atoms with van der Waals surface area (Å²) in [4.78, 5) is 77.8. The first-order valence-corrected chi connectivity index (χ1v) is 41.1. The Labute approximate surface area is 731 Å². The minimum Gasteiger partial charge on any atom is -0.394 e.